The van der Waals surface area contributed by atoms with Crippen molar-refractivity contribution in [1.82, 2.24) is 24.4 Å². The first-order chi connectivity index (χ1) is 19.3. The summed E-state index contributed by atoms with van der Waals surface area (Å²) >= 11 is 0. The van der Waals surface area contributed by atoms with Gasteiger partial charge >= 0.3 is 6.18 Å². The van der Waals surface area contributed by atoms with E-state index in [2.05, 4.69) is 20.3 Å². The van der Waals surface area contributed by atoms with Gasteiger partial charge in [0.1, 0.15) is 23.5 Å². The minimum atomic E-state index is -4.47. The summed E-state index contributed by atoms with van der Waals surface area (Å²) in [6.45, 7) is 3.17. The molecule has 1 amide bonds. The largest absolute Gasteiger partial charge is 0.457 e. The van der Waals surface area contributed by atoms with Gasteiger partial charge in [0.15, 0.2) is 0 Å². The second kappa shape index (κ2) is 12.3. The number of benzene rings is 2. The van der Waals surface area contributed by atoms with Crippen molar-refractivity contribution >= 4 is 11.6 Å². The molecule has 208 valence electrons. The topological polar surface area (TPSA) is 94.4 Å². The first-order valence-corrected chi connectivity index (χ1v) is 12.7. The third kappa shape index (κ3) is 7.01. The Kier molecular flexibility index (Phi) is 8.37. The molecule has 0 unspecified atom stereocenters. The maximum Gasteiger partial charge on any atom is 0.416 e. The number of anilines is 1. The van der Waals surface area contributed by atoms with E-state index in [9.17, 15) is 18.0 Å². The molecular weight excluding hydrogens is 525 g/mol. The number of ether oxygens (including phenoxy) is 2. The van der Waals surface area contributed by atoms with Crippen LogP contribution < -0.4 is 10.1 Å². The average Bonchev–Trinajstić information content (AvgIpc) is 3.48. The molecule has 0 aliphatic carbocycles. The maximum absolute atomic E-state index is 13.5. The van der Waals surface area contributed by atoms with Gasteiger partial charge in [0.25, 0.3) is 5.91 Å². The van der Waals surface area contributed by atoms with Gasteiger partial charge in [0, 0.05) is 56.0 Å². The SMILES string of the molecule is O=C(Nc1ccc(Oc2ccc(C(F)(F)F)cc2CN2CCOCC2)cc1CCn1ccnc1)c1ccncn1. The molecule has 0 saturated carbocycles. The first-order valence-electron chi connectivity index (χ1n) is 12.7. The fourth-order valence-electron chi connectivity index (χ4n) is 4.35. The highest BCUT2D eigenvalue weighted by Gasteiger charge is 2.31. The van der Waals surface area contributed by atoms with Gasteiger partial charge in [-0.05, 0) is 54.4 Å². The van der Waals surface area contributed by atoms with Gasteiger partial charge in [0.05, 0.1) is 25.1 Å². The number of hydrogen-bond donors (Lipinski definition) is 1. The number of imidazole rings is 1. The molecule has 1 N–H and O–H groups in total. The van der Waals surface area contributed by atoms with Crippen molar-refractivity contribution in [3.05, 3.63) is 96.1 Å². The van der Waals surface area contributed by atoms with Crippen LogP contribution in [0.3, 0.4) is 0 Å². The molecule has 4 aromatic rings. The molecule has 0 atom stereocenters. The van der Waals surface area contributed by atoms with Gasteiger partial charge in [-0.1, -0.05) is 0 Å². The summed E-state index contributed by atoms with van der Waals surface area (Å²) in [5.74, 6) is 0.372. The standard InChI is InChI=1S/C28H27F3N6O3/c29-28(30,31)22-1-4-26(21(15-22)17-36-11-13-39-14-12-36)40-23-2-3-24(35-27(38)25-5-7-32-18-34-25)20(16-23)6-9-37-10-8-33-19-37/h1-5,7-8,10,15-16,18-19H,6,9,11-14,17H2,(H,35,38). The minimum absolute atomic E-state index is 0.216. The molecule has 2 aromatic carbocycles. The lowest BCUT2D eigenvalue weighted by molar-refractivity contribution is -0.137. The number of hydrogen-bond acceptors (Lipinski definition) is 7. The normalized spacial score (nSPS) is 14.2. The molecule has 1 saturated heterocycles. The van der Waals surface area contributed by atoms with E-state index in [-0.39, 0.29) is 5.69 Å². The molecule has 2 aromatic heterocycles. The van der Waals surface area contributed by atoms with Crippen LogP contribution in [0.4, 0.5) is 18.9 Å². The number of rotatable bonds is 9. The molecule has 0 bridgehead atoms. The van der Waals surface area contributed by atoms with Crippen LogP contribution in [0.25, 0.3) is 0 Å². The Hall–Kier alpha value is -4.29. The molecule has 9 nitrogen and oxygen atoms in total. The number of halogens is 3. The van der Waals surface area contributed by atoms with Crippen LogP contribution in [0, 0.1) is 0 Å². The van der Waals surface area contributed by atoms with Crippen molar-refractivity contribution in [2.24, 2.45) is 0 Å². The zero-order valence-electron chi connectivity index (χ0n) is 21.5. The van der Waals surface area contributed by atoms with Crippen LogP contribution >= 0.6 is 0 Å². The van der Waals surface area contributed by atoms with Gasteiger partial charge in [-0.15, -0.1) is 0 Å². The van der Waals surface area contributed by atoms with E-state index in [0.29, 0.717) is 68.6 Å². The van der Waals surface area contributed by atoms with Crippen LogP contribution in [0.2, 0.25) is 0 Å². The predicted molar refractivity (Wildman–Crippen MR) is 140 cm³/mol. The highest BCUT2D eigenvalue weighted by atomic mass is 19.4. The average molecular weight is 553 g/mol. The molecule has 0 radical (unpaired) electrons. The zero-order chi connectivity index (χ0) is 28.0. The number of amides is 1. The number of nitrogens with one attached hydrogen (secondary N) is 1. The molecule has 40 heavy (non-hydrogen) atoms. The Bertz CT molecular complexity index is 1430. The summed E-state index contributed by atoms with van der Waals surface area (Å²) in [5, 5.41) is 2.88. The number of alkyl halides is 3. The van der Waals surface area contributed by atoms with Crippen LogP contribution in [0.15, 0.2) is 73.7 Å². The van der Waals surface area contributed by atoms with E-state index in [1.54, 1.807) is 30.7 Å². The van der Waals surface area contributed by atoms with Crippen molar-refractivity contribution in [2.45, 2.75) is 25.7 Å². The minimum Gasteiger partial charge on any atom is -0.457 e. The monoisotopic (exact) mass is 552 g/mol. The fraction of sp³-hybridized carbons (Fsp3) is 0.286. The third-order valence-electron chi connectivity index (χ3n) is 6.45. The lowest BCUT2D eigenvalue weighted by atomic mass is 10.1. The van der Waals surface area contributed by atoms with E-state index in [1.807, 2.05) is 15.7 Å². The van der Waals surface area contributed by atoms with Gasteiger partial charge in [-0.25, -0.2) is 15.0 Å². The highest BCUT2D eigenvalue weighted by Crippen LogP contribution is 2.35. The fourth-order valence-corrected chi connectivity index (χ4v) is 4.35. The summed E-state index contributed by atoms with van der Waals surface area (Å²) in [5.41, 5.74) is 1.26. The number of carbonyl (C=O) groups excluding carboxylic acids is 1. The van der Waals surface area contributed by atoms with Crippen molar-refractivity contribution in [3.8, 4) is 11.5 Å². The molecule has 0 spiro atoms. The molecule has 1 aliphatic heterocycles. The van der Waals surface area contributed by atoms with Crippen LogP contribution in [-0.4, -0.2) is 56.6 Å². The Morgan fingerprint density at radius 3 is 2.60 bits per heavy atom. The Balaban J connectivity index is 1.42. The first kappa shape index (κ1) is 27.3. The number of carbonyl (C=O) groups is 1. The molecule has 5 rings (SSSR count). The van der Waals surface area contributed by atoms with Gasteiger partial charge < -0.3 is 19.4 Å². The molecule has 1 fully saturated rings. The molecule has 1 aliphatic rings. The van der Waals surface area contributed by atoms with Crippen molar-refractivity contribution in [2.75, 3.05) is 31.6 Å². The molecule has 3 heterocycles. The third-order valence-corrected chi connectivity index (χ3v) is 6.45. The predicted octanol–water partition coefficient (Wildman–Crippen LogP) is 4.81. The highest BCUT2D eigenvalue weighted by molar-refractivity contribution is 6.03. The van der Waals surface area contributed by atoms with E-state index in [0.717, 1.165) is 17.7 Å². The Morgan fingerprint density at radius 2 is 1.88 bits per heavy atom. The summed E-state index contributed by atoms with van der Waals surface area (Å²) in [6, 6.07) is 10.2. The van der Waals surface area contributed by atoms with E-state index >= 15 is 0 Å². The second-order valence-electron chi connectivity index (χ2n) is 9.23. The van der Waals surface area contributed by atoms with Gasteiger partial charge in [-0.2, -0.15) is 13.2 Å². The van der Waals surface area contributed by atoms with Crippen molar-refractivity contribution < 1.29 is 27.4 Å². The Labute approximate surface area is 228 Å². The quantitative estimate of drug-likeness (QED) is 0.319. The second-order valence-corrected chi connectivity index (χ2v) is 9.23. The van der Waals surface area contributed by atoms with E-state index in [4.69, 9.17) is 9.47 Å². The zero-order valence-corrected chi connectivity index (χ0v) is 21.5. The summed E-state index contributed by atoms with van der Waals surface area (Å²) in [7, 11) is 0. The summed E-state index contributed by atoms with van der Waals surface area (Å²) < 4.78 is 54.0. The number of aromatic nitrogens is 4. The molecular formula is C28H27F3N6O3. The van der Waals surface area contributed by atoms with E-state index < -0.39 is 17.6 Å². The lowest BCUT2D eigenvalue weighted by Crippen LogP contribution is -2.35. The summed E-state index contributed by atoms with van der Waals surface area (Å²) in [6.07, 6.45) is 4.04. The number of aryl methyl sites for hydroxylation is 2. The summed E-state index contributed by atoms with van der Waals surface area (Å²) in [4.78, 5) is 26.7. The number of morpholine rings is 1. The molecule has 12 heteroatoms. The van der Waals surface area contributed by atoms with Crippen molar-refractivity contribution in [3.63, 3.8) is 0 Å². The Morgan fingerprint density at radius 1 is 1.02 bits per heavy atom. The van der Waals surface area contributed by atoms with Gasteiger partial charge in [0.2, 0.25) is 0 Å². The lowest BCUT2D eigenvalue weighted by Gasteiger charge is -2.27. The maximum atomic E-state index is 13.5. The van der Waals surface area contributed by atoms with Crippen LogP contribution in [-0.2, 0) is 30.4 Å². The smallest absolute Gasteiger partial charge is 0.416 e. The van der Waals surface area contributed by atoms with E-state index in [1.165, 1.54) is 24.7 Å². The van der Waals surface area contributed by atoms with Crippen molar-refractivity contribution in [1.29, 1.82) is 0 Å². The number of nitrogens with zero attached hydrogens (tertiary/aromatic N) is 5. The van der Waals surface area contributed by atoms with Gasteiger partial charge in [-0.3, -0.25) is 9.69 Å². The van der Waals surface area contributed by atoms with Crippen LogP contribution in [0.1, 0.15) is 27.2 Å². The van der Waals surface area contributed by atoms with Crippen LogP contribution in [0.5, 0.6) is 11.5 Å².